The van der Waals surface area contributed by atoms with Crippen LogP contribution in [0.2, 0.25) is 0 Å². The van der Waals surface area contributed by atoms with Crippen molar-refractivity contribution in [3.8, 4) is 11.1 Å². The number of rotatable bonds is 2. The number of benzene rings is 2. The van der Waals surface area contributed by atoms with Crippen LogP contribution in [0, 0.1) is 0 Å². The van der Waals surface area contributed by atoms with E-state index in [-0.39, 0.29) is 24.8 Å². The maximum Gasteiger partial charge on any atom is 0.249 e. The van der Waals surface area contributed by atoms with Crippen LogP contribution in [0.4, 0.5) is 0 Å². The molecule has 0 aromatic heterocycles. The normalized spacial score (nSPS) is 8.71. The largest absolute Gasteiger partial charge is 0.366 e. The van der Waals surface area contributed by atoms with E-state index in [9.17, 15) is 4.79 Å². The van der Waals surface area contributed by atoms with Crippen LogP contribution in [0.1, 0.15) is 10.4 Å². The van der Waals surface area contributed by atoms with Gasteiger partial charge < -0.3 is 5.73 Å². The number of carbonyl (C=O) groups excluding carboxylic acids is 1. The fourth-order valence-electron chi connectivity index (χ4n) is 1.57. The summed E-state index contributed by atoms with van der Waals surface area (Å²) in [5.74, 6) is -0.394. The van der Waals surface area contributed by atoms with Crippen molar-refractivity contribution >= 4 is 30.7 Å². The lowest BCUT2D eigenvalue weighted by Gasteiger charge is -2.05. The Morgan fingerprint density at radius 3 is 1.94 bits per heavy atom. The summed E-state index contributed by atoms with van der Waals surface area (Å²) in [7, 11) is 0. The molecule has 1 amide bonds. The Bertz CT molecular complexity index is 486. The Morgan fingerprint density at radius 2 is 1.35 bits per heavy atom. The highest BCUT2D eigenvalue weighted by molar-refractivity contribution is 5.99. The maximum atomic E-state index is 11.2. The van der Waals surface area contributed by atoms with E-state index in [0.29, 0.717) is 5.56 Å². The van der Waals surface area contributed by atoms with Gasteiger partial charge >= 0.3 is 0 Å². The molecule has 4 heteroatoms. The van der Waals surface area contributed by atoms with Gasteiger partial charge in [0, 0.05) is 5.56 Å². The fourth-order valence-corrected chi connectivity index (χ4v) is 1.57. The lowest BCUT2D eigenvalue weighted by Crippen LogP contribution is -2.12. The molecule has 0 bridgehead atoms. The summed E-state index contributed by atoms with van der Waals surface area (Å²) in [6, 6.07) is 17.1. The van der Waals surface area contributed by atoms with E-state index in [1.165, 1.54) is 0 Å². The van der Waals surface area contributed by atoms with Crippen molar-refractivity contribution in [2.45, 2.75) is 0 Å². The van der Waals surface area contributed by atoms with Gasteiger partial charge in [0.1, 0.15) is 0 Å². The van der Waals surface area contributed by atoms with E-state index in [4.69, 9.17) is 5.73 Å². The van der Waals surface area contributed by atoms with Crippen LogP contribution in [0.5, 0.6) is 0 Å². The molecule has 2 N–H and O–H groups in total. The third-order valence-electron chi connectivity index (χ3n) is 2.28. The fraction of sp³-hybridized carbons (Fsp3) is 0. The summed E-state index contributed by atoms with van der Waals surface area (Å²) in [4.78, 5) is 11.2. The summed E-state index contributed by atoms with van der Waals surface area (Å²) in [6.45, 7) is 0. The molecule has 2 rings (SSSR count). The SMILES string of the molecule is Cl.Cl.NC(=O)c1ccccc1-c1ccccc1. The highest BCUT2D eigenvalue weighted by Gasteiger charge is 2.07. The molecule has 2 nitrogen and oxygen atoms in total. The van der Waals surface area contributed by atoms with Gasteiger partial charge in [-0.05, 0) is 17.2 Å². The zero-order valence-corrected chi connectivity index (χ0v) is 10.6. The van der Waals surface area contributed by atoms with Gasteiger partial charge in [0.15, 0.2) is 0 Å². The summed E-state index contributed by atoms with van der Waals surface area (Å²) in [6.07, 6.45) is 0. The molecule has 0 aliphatic carbocycles. The van der Waals surface area contributed by atoms with Crippen molar-refractivity contribution in [2.75, 3.05) is 0 Å². The van der Waals surface area contributed by atoms with Gasteiger partial charge in [-0.15, -0.1) is 24.8 Å². The molecule has 90 valence electrons. The lowest BCUT2D eigenvalue weighted by molar-refractivity contribution is 0.100. The number of primary amides is 1. The molecule has 0 fully saturated rings. The minimum absolute atomic E-state index is 0. The van der Waals surface area contributed by atoms with Gasteiger partial charge in [-0.3, -0.25) is 4.79 Å². The first-order chi connectivity index (χ1) is 7.29. The van der Waals surface area contributed by atoms with Crippen molar-refractivity contribution in [2.24, 2.45) is 5.73 Å². The smallest absolute Gasteiger partial charge is 0.249 e. The van der Waals surface area contributed by atoms with Crippen LogP contribution < -0.4 is 5.73 Å². The van der Waals surface area contributed by atoms with Gasteiger partial charge in [0.05, 0.1) is 0 Å². The topological polar surface area (TPSA) is 43.1 Å². The molecule has 0 aliphatic heterocycles. The average molecular weight is 270 g/mol. The Balaban J connectivity index is 0.00000128. The van der Waals surface area contributed by atoms with Crippen molar-refractivity contribution < 1.29 is 4.79 Å². The molecule has 0 aliphatic rings. The van der Waals surface area contributed by atoms with Crippen molar-refractivity contribution in [1.82, 2.24) is 0 Å². The third-order valence-corrected chi connectivity index (χ3v) is 2.28. The summed E-state index contributed by atoms with van der Waals surface area (Å²) in [5.41, 5.74) is 7.76. The molecule has 0 heterocycles. The second-order valence-electron chi connectivity index (χ2n) is 3.28. The quantitative estimate of drug-likeness (QED) is 0.893. The summed E-state index contributed by atoms with van der Waals surface area (Å²) < 4.78 is 0. The van der Waals surface area contributed by atoms with Crippen molar-refractivity contribution in [3.63, 3.8) is 0 Å². The van der Waals surface area contributed by atoms with Gasteiger partial charge in [-0.1, -0.05) is 48.5 Å². The predicted molar refractivity (Wildman–Crippen MR) is 74.9 cm³/mol. The highest BCUT2D eigenvalue weighted by atomic mass is 35.5. The monoisotopic (exact) mass is 269 g/mol. The zero-order chi connectivity index (χ0) is 10.7. The van der Waals surface area contributed by atoms with E-state index < -0.39 is 5.91 Å². The minimum Gasteiger partial charge on any atom is -0.366 e. The highest BCUT2D eigenvalue weighted by Crippen LogP contribution is 2.22. The third kappa shape index (κ3) is 3.48. The Kier molecular flexibility index (Phi) is 6.33. The second kappa shape index (κ2) is 6.94. The van der Waals surface area contributed by atoms with Crippen LogP contribution in [0.15, 0.2) is 54.6 Å². The van der Waals surface area contributed by atoms with Gasteiger partial charge in [0.25, 0.3) is 0 Å². The summed E-state index contributed by atoms with van der Waals surface area (Å²) in [5, 5.41) is 0. The number of carbonyl (C=O) groups is 1. The maximum absolute atomic E-state index is 11.2. The molecule has 0 unspecified atom stereocenters. The molecular formula is C13H13Cl2NO. The van der Waals surface area contributed by atoms with E-state index in [0.717, 1.165) is 11.1 Å². The minimum atomic E-state index is -0.394. The van der Waals surface area contributed by atoms with Gasteiger partial charge in [-0.2, -0.15) is 0 Å². The number of halogens is 2. The first-order valence-corrected chi connectivity index (χ1v) is 4.73. The first kappa shape index (κ1) is 15.5. The van der Waals surface area contributed by atoms with E-state index in [2.05, 4.69) is 0 Å². The molecular weight excluding hydrogens is 257 g/mol. The Labute approximate surface area is 113 Å². The number of hydrogen-bond donors (Lipinski definition) is 1. The van der Waals surface area contributed by atoms with Crippen LogP contribution in [-0.2, 0) is 0 Å². The van der Waals surface area contributed by atoms with Crippen LogP contribution >= 0.6 is 24.8 Å². The van der Waals surface area contributed by atoms with E-state index in [1.54, 1.807) is 6.07 Å². The van der Waals surface area contributed by atoms with Gasteiger partial charge in [-0.25, -0.2) is 0 Å². The molecule has 0 spiro atoms. The zero-order valence-electron chi connectivity index (χ0n) is 9.00. The summed E-state index contributed by atoms with van der Waals surface area (Å²) >= 11 is 0. The lowest BCUT2D eigenvalue weighted by atomic mass is 9.99. The molecule has 0 saturated heterocycles. The van der Waals surface area contributed by atoms with Crippen LogP contribution in [0.25, 0.3) is 11.1 Å². The standard InChI is InChI=1S/C13H11NO.2ClH/c14-13(15)12-9-5-4-8-11(12)10-6-2-1-3-7-10;;/h1-9H,(H2,14,15);2*1H. The Hall–Kier alpha value is -1.51. The molecule has 0 saturated carbocycles. The number of nitrogens with two attached hydrogens (primary N) is 1. The van der Waals surface area contributed by atoms with Crippen LogP contribution in [0.3, 0.4) is 0 Å². The van der Waals surface area contributed by atoms with Crippen molar-refractivity contribution in [1.29, 1.82) is 0 Å². The molecule has 17 heavy (non-hydrogen) atoms. The molecule has 2 aromatic rings. The molecule has 0 atom stereocenters. The predicted octanol–water partition coefficient (Wildman–Crippen LogP) is 3.30. The first-order valence-electron chi connectivity index (χ1n) is 4.73. The molecule has 0 radical (unpaired) electrons. The van der Waals surface area contributed by atoms with Crippen molar-refractivity contribution in [3.05, 3.63) is 60.2 Å². The van der Waals surface area contributed by atoms with E-state index in [1.807, 2.05) is 48.5 Å². The average Bonchev–Trinajstić information content (AvgIpc) is 2.30. The second-order valence-corrected chi connectivity index (χ2v) is 3.28. The van der Waals surface area contributed by atoms with E-state index >= 15 is 0 Å². The molecule has 2 aromatic carbocycles. The number of hydrogen-bond acceptors (Lipinski definition) is 1. The number of amides is 1. The van der Waals surface area contributed by atoms with Gasteiger partial charge in [0.2, 0.25) is 5.91 Å². The Morgan fingerprint density at radius 1 is 0.824 bits per heavy atom. The van der Waals surface area contributed by atoms with Crippen LogP contribution in [-0.4, -0.2) is 5.91 Å².